The van der Waals surface area contributed by atoms with E-state index in [1.54, 1.807) is 11.0 Å². The molecule has 1 atom stereocenters. The van der Waals surface area contributed by atoms with E-state index in [1.807, 2.05) is 24.3 Å². The highest BCUT2D eigenvalue weighted by Crippen LogP contribution is 2.49. The van der Waals surface area contributed by atoms with E-state index in [2.05, 4.69) is 36.2 Å². The number of nitrogens with zero attached hydrogens (tertiary/aromatic N) is 1. The van der Waals surface area contributed by atoms with Crippen molar-refractivity contribution >= 4 is 18.0 Å². The minimum absolute atomic E-state index is 0.0264. The van der Waals surface area contributed by atoms with Crippen molar-refractivity contribution in [1.29, 1.82) is 0 Å². The molecule has 7 heteroatoms. The number of amides is 2. The number of rotatable bonds is 8. The molecule has 2 bridgehead atoms. The third-order valence-corrected chi connectivity index (χ3v) is 7.82. The number of fused-ring (bicyclic) bond motifs is 5. The number of alkyl carbamates (subject to hydrolysis) is 1. The molecular weight excluding hydrogens is 444 g/mol. The molecule has 2 aromatic rings. The second kappa shape index (κ2) is 9.21. The zero-order chi connectivity index (χ0) is 24.6. The van der Waals surface area contributed by atoms with Crippen LogP contribution in [0.4, 0.5) is 4.79 Å². The van der Waals surface area contributed by atoms with Gasteiger partial charge in [-0.05, 0) is 54.4 Å². The summed E-state index contributed by atoms with van der Waals surface area (Å²) in [7, 11) is 0. The SMILES string of the molecule is C=CCC(NC(=O)OCC1c2ccccc2-c2ccccc21)C(=O)N1C2CCC1(CC(=O)O)CC2. The predicted octanol–water partition coefficient (Wildman–Crippen LogP) is 4.47. The highest BCUT2D eigenvalue weighted by molar-refractivity contribution is 5.88. The van der Waals surface area contributed by atoms with Crippen molar-refractivity contribution in [2.45, 2.75) is 62.1 Å². The molecule has 35 heavy (non-hydrogen) atoms. The number of hydrogen-bond donors (Lipinski definition) is 2. The molecule has 2 saturated heterocycles. The van der Waals surface area contributed by atoms with E-state index in [-0.39, 0.29) is 37.3 Å². The van der Waals surface area contributed by atoms with E-state index in [4.69, 9.17) is 4.74 Å². The summed E-state index contributed by atoms with van der Waals surface area (Å²) in [6.45, 7) is 3.90. The predicted molar refractivity (Wildman–Crippen MR) is 131 cm³/mol. The van der Waals surface area contributed by atoms with Crippen LogP contribution in [0.25, 0.3) is 11.1 Å². The van der Waals surface area contributed by atoms with Crippen LogP contribution in [-0.4, -0.2) is 52.2 Å². The molecule has 2 N–H and O–H groups in total. The molecular formula is C28H30N2O5. The Morgan fingerprint density at radius 1 is 1.09 bits per heavy atom. The summed E-state index contributed by atoms with van der Waals surface area (Å²) in [6, 6.07) is 15.4. The third kappa shape index (κ3) is 4.09. The Labute approximate surface area is 204 Å². The van der Waals surface area contributed by atoms with Gasteiger partial charge in [0.25, 0.3) is 0 Å². The van der Waals surface area contributed by atoms with E-state index in [0.717, 1.165) is 35.1 Å². The maximum Gasteiger partial charge on any atom is 0.407 e. The number of nitrogens with one attached hydrogen (secondary N) is 1. The molecule has 0 aromatic heterocycles. The minimum atomic E-state index is -0.907. The number of benzene rings is 2. The Bertz CT molecular complexity index is 1120. The monoisotopic (exact) mass is 474 g/mol. The highest BCUT2D eigenvalue weighted by atomic mass is 16.5. The second-order valence-electron chi connectivity index (χ2n) is 9.78. The smallest absolute Gasteiger partial charge is 0.407 e. The molecule has 7 nitrogen and oxygen atoms in total. The van der Waals surface area contributed by atoms with Gasteiger partial charge in [0.15, 0.2) is 0 Å². The van der Waals surface area contributed by atoms with Crippen molar-refractivity contribution in [3.8, 4) is 11.1 Å². The fourth-order valence-corrected chi connectivity index (χ4v) is 6.32. The van der Waals surface area contributed by atoms with Crippen molar-refractivity contribution in [2.24, 2.45) is 0 Å². The Morgan fingerprint density at radius 3 is 2.26 bits per heavy atom. The van der Waals surface area contributed by atoms with E-state index in [1.165, 1.54) is 0 Å². The number of hydrogen-bond acceptors (Lipinski definition) is 4. The van der Waals surface area contributed by atoms with Crippen molar-refractivity contribution in [3.05, 3.63) is 72.3 Å². The van der Waals surface area contributed by atoms with Crippen LogP contribution in [0.5, 0.6) is 0 Å². The van der Waals surface area contributed by atoms with Crippen LogP contribution in [0.3, 0.4) is 0 Å². The van der Waals surface area contributed by atoms with Crippen molar-refractivity contribution in [1.82, 2.24) is 10.2 Å². The molecule has 182 valence electrons. The van der Waals surface area contributed by atoms with Crippen LogP contribution in [-0.2, 0) is 14.3 Å². The first-order valence-electron chi connectivity index (χ1n) is 12.2. The summed E-state index contributed by atoms with van der Waals surface area (Å²) >= 11 is 0. The molecule has 5 rings (SSSR count). The first-order valence-corrected chi connectivity index (χ1v) is 12.2. The second-order valence-corrected chi connectivity index (χ2v) is 9.78. The lowest BCUT2D eigenvalue weighted by atomic mass is 9.85. The maximum absolute atomic E-state index is 13.5. The standard InChI is InChI=1S/C28H30N2O5/c1-2-7-24(26(33)30-18-12-14-28(30,15-13-18)16-25(31)32)29-27(34)35-17-23-21-10-5-3-8-19(21)20-9-4-6-11-22(20)23/h2-6,8-11,18,23-24H,1,7,12-17H2,(H,29,34)(H,31,32). The topological polar surface area (TPSA) is 95.9 Å². The molecule has 2 amide bonds. The minimum Gasteiger partial charge on any atom is -0.481 e. The van der Waals surface area contributed by atoms with Crippen LogP contribution in [0, 0.1) is 0 Å². The summed E-state index contributed by atoms with van der Waals surface area (Å²) in [5.41, 5.74) is 3.86. The number of aliphatic carboxylic acids is 1. The Kier molecular flexibility index (Phi) is 6.09. The number of carbonyl (C=O) groups is 3. The van der Waals surface area contributed by atoms with Gasteiger partial charge in [-0.1, -0.05) is 54.6 Å². The molecule has 3 aliphatic rings. The van der Waals surface area contributed by atoms with E-state index in [0.29, 0.717) is 12.8 Å². The largest absolute Gasteiger partial charge is 0.481 e. The van der Waals surface area contributed by atoms with E-state index in [9.17, 15) is 19.5 Å². The average Bonchev–Trinajstić information content (AvgIpc) is 3.48. The van der Waals surface area contributed by atoms with Crippen LogP contribution in [0.15, 0.2) is 61.2 Å². The lowest BCUT2D eigenvalue weighted by Crippen LogP contribution is -2.54. The van der Waals surface area contributed by atoms with Crippen molar-refractivity contribution < 1.29 is 24.2 Å². The Balaban J connectivity index is 1.28. The number of carbonyl (C=O) groups excluding carboxylic acids is 2. The van der Waals surface area contributed by atoms with Gasteiger partial charge in [0.05, 0.1) is 12.0 Å². The van der Waals surface area contributed by atoms with E-state index < -0.39 is 23.6 Å². The molecule has 0 spiro atoms. The van der Waals surface area contributed by atoms with Crippen LogP contribution < -0.4 is 5.32 Å². The Morgan fingerprint density at radius 2 is 1.69 bits per heavy atom. The fraction of sp³-hybridized carbons (Fsp3) is 0.393. The van der Waals surface area contributed by atoms with Gasteiger partial charge in [-0.15, -0.1) is 6.58 Å². The molecule has 0 saturated carbocycles. The molecule has 2 aliphatic heterocycles. The van der Waals surface area contributed by atoms with Gasteiger partial charge >= 0.3 is 12.1 Å². The molecule has 2 aromatic carbocycles. The van der Waals surface area contributed by atoms with Gasteiger partial charge < -0.3 is 20.1 Å². The van der Waals surface area contributed by atoms with Crippen LogP contribution in [0.1, 0.15) is 55.6 Å². The van der Waals surface area contributed by atoms with Crippen LogP contribution in [0.2, 0.25) is 0 Å². The lowest BCUT2D eigenvalue weighted by Gasteiger charge is -2.36. The molecule has 2 fully saturated rings. The van der Waals surface area contributed by atoms with Gasteiger partial charge in [-0.25, -0.2) is 4.79 Å². The highest BCUT2D eigenvalue weighted by Gasteiger charge is 2.55. The molecule has 1 unspecified atom stereocenters. The van der Waals surface area contributed by atoms with Gasteiger partial charge in [0, 0.05) is 12.0 Å². The number of carboxylic acids is 1. The van der Waals surface area contributed by atoms with Crippen LogP contribution >= 0.6 is 0 Å². The molecule has 0 radical (unpaired) electrons. The third-order valence-electron chi connectivity index (χ3n) is 7.82. The summed E-state index contributed by atoms with van der Waals surface area (Å²) in [6.07, 6.45) is 4.06. The molecule has 2 heterocycles. The first kappa shape index (κ1) is 23.1. The average molecular weight is 475 g/mol. The number of carboxylic acid groups (broad SMARTS) is 1. The van der Waals surface area contributed by atoms with Gasteiger partial charge in [-0.3, -0.25) is 9.59 Å². The van der Waals surface area contributed by atoms with Gasteiger partial charge in [-0.2, -0.15) is 0 Å². The van der Waals surface area contributed by atoms with Gasteiger partial charge in [0.1, 0.15) is 12.6 Å². The maximum atomic E-state index is 13.5. The zero-order valence-corrected chi connectivity index (χ0v) is 19.6. The normalized spacial score (nSPS) is 22.9. The zero-order valence-electron chi connectivity index (χ0n) is 19.6. The summed E-state index contributed by atoms with van der Waals surface area (Å²) in [5, 5.41) is 12.2. The first-order chi connectivity index (χ1) is 16.9. The number of ether oxygens (including phenoxy) is 1. The van der Waals surface area contributed by atoms with Crippen molar-refractivity contribution in [3.63, 3.8) is 0 Å². The quantitative estimate of drug-likeness (QED) is 0.551. The summed E-state index contributed by atoms with van der Waals surface area (Å²) in [4.78, 5) is 39.6. The summed E-state index contributed by atoms with van der Waals surface area (Å²) in [5.74, 6) is -1.23. The fourth-order valence-electron chi connectivity index (χ4n) is 6.32. The molecule has 1 aliphatic carbocycles. The Hall–Kier alpha value is -3.61. The summed E-state index contributed by atoms with van der Waals surface area (Å²) < 4.78 is 5.64. The van der Waals surface area contributed by atoms with Crippen molar-refractivity contribution in [2.75, 3.05) is 6.61 Å². The lowest BCUT2D eigenvalue weighted by molar-refractivity contribution is -0.144. The van der Waals surface area contributed by atoms with Gasteiger partial charge in [0.2, 0.25) is 5.91 Å². The van der Waals surface area contributed by atoms with E-state index >= 15 is 0 Å².